The van der Waals surface area contributed by atoms with Crippen LogP contribution in [0.25, 0.3) is 0 Å². The molecule has 7 nitrogen and oxygen atoms in total. The molecule has 0 spiro atoms. The quantitative estimate of drug-likeness (QED) is 0.437. The minimum absolute atomic E-state index is 0.271. The summed E-state index contributed by atoms with van der Waals surface area (Å²) in [6.07, 6.45) is 0.851. The van der Waals surface area contributed by atoms with Crippen LogP contribution in [0.15, 0.2) is 41.6 Å². The van der Waals surface area contributed by atoms with Gasteiger partial charge in [-0.15, -0.1) is 0 Å². The van der Waals surface area contributed by atoms with Crippen molar-refractivity contribution in [2.45, 2.75) is 26.3 Å². The van der Waals surface area contributed by atoms with Gasteiger partial charge in [0.2, 0.25) is 0 Å². The lowest BCUT2D eigenvalue weighted by atomic mass is 9.95. The van der Waals surface area contributed by atoms with Gasteiger partial charge in [-0.3, -0.25) is 0 Å². The molecule has 26 heavy (non-hydrogen) atoms. The molecule has 2 amide bonds. The van der Waals surface area contributed by atoms with Crippen molar-refractivity contribution < 1.29 is 19.1 Å². The second-order valence-electron chi connectivity index (χ2n) is 5.78. The topological polar surface area (TPSA) is 88.7 Å². The van der Waals surface area contributed by atoms with Crippen LogP contribution in [0.5, 0.6) is 0 Å². The van der Waals surface area contributed by atoms with E-state index in [1.807, 2.05) is 37.3 Å². The number of urea groups is 1. The van der Waals surface area contributed by atoms with Crippen molar-refractivity contribution in [2.75, 3.05) is 32.9 Å². The standard InChI is InChI=1S/C19H27N3O4/c1-3-25-12-8-11-20-13-15-16(18(23)26-4-2)17(22-19(24)21-15)14-9-6-5-7-10-14/h5-7,9-10,17,20H,3-4,8,11-13H2,1-2H3,(H2,21,22,24). The largest absolute Gasteiger partial charge is 0.463 e. The van der Waals surface area contributed by atoms with Gasteiger partial charge in [-0.05, 0) is 32.4 Å². The van der Waals surface area contributed by atoms with Crippen LogP contribution in [0.1, 0.15) is 31.9 Å². The van der Waals surface area contributed by atoms with Crippen LogP contribution < -0.4 is 16.0 Å². The number of hydrogen-bond acceptors (Lipinski definition) is 5. The van der Waals surface area contributed by atoms with Gasteiger partial charge in [-0.2, -0.15) is 0 Å². The minimum Gasteiger partial charge on any atom is -0.463 e. The third-order valence-electron chi connectivity index (χ3n) is 3.93. The van der Waals surface area contributed by atoms with E-state index in [1.165, 1.54) is 0 Å². The Labute approximate surface area is 154 Å². The van der Waals surface area contributed by atoms with E-state index in [9.17, 15) is 9.59 Å². The number of benzene rings is 1. The molecular weight excluding hydrogens is 334 g/mol. The number of carbonyl (C=O) groups is 2. The maximum atomic E-state index is 12.6. The smallest absolute Gasteiger partial charge is 0.338 e. The average Bonchev–Trinajstić information content (AvgIpc) is 2.65. The molecule has 3 N–H and O–H groups in total. The molecule has 1 unspecified atom stereocenters. The van der Waals surface area contributed by atoms with Gasteiger partial charge in [0, 0.05) is 25.5 Å². The van der Waals surface area contributed by atoms with Crippen LogP contribution in [0.2, 0.25) is 0 Å². The minimum atomic E-state index is -0.538. The fraction of sp³-hybridized carbons (Fsp3) is 0.474. The number of carbonyl (C=O) groups excluding carboxylic acids is 2. The average molecular weight is 361 g/mol. The van der Waals surface area contributed by atoms with E-state index in [2.05, 4.69) is 16.0 Å². The molecule has 0 saturated carbocycles. The predicted molar refractivity (Wildman–Crippen MR) is 98.5 cm³/mol. The van der Waals surface area contributed by atoms with Crippen molar-refractivity contribution in [1.29, 1.82) is 0 Å². The fourth-order valence-corrected chi connectivity index (χ4v) is 2.76. The Bertz CT molecular complexity index is 631. The van der Waals surface area contributed by atoms with E-state index in [4.69, 9.17) is 9.47 Å². The summed E-state index contributed by atoms with van der Waals surface area (Å²) in [4.78, 5) is 24.7. The van der Waals surface area contributed by atoms with Crippen molar-refractivity contribution in [1.82, 2.24) is 16.0 Å². The Morgan fingerprint density at radius 1 is 1.19 bits per heavy atom. The van der Waals surface area contributed by atoms with Gasteiger partial charge in [-0.1, -0.05) is 30.3 Å². The number of esters is 1. The number of hydrogen-bond donors (Lipinski definition) is 3. The first-order chi connectivity index (χ1) is 12.7. The molecule has 7 heteroatoms. The summed E-state index contributed by atoms with van der Waals surface area (Å²) in [5.74, 6) is -0.431. The van der Waals surface area contributed by atoms with Gasteiger partial charge in [0.1, 0.15) is 0 Å². The summed E-state index contributed by atoms with van der Waals surface area (Å²) in [6.45, 7) is 6.45. The van der Waals surface area contributed by atoms with Crippen LogP contribution >= 0.6 is 0 Å². The highest BCUT2D eigenvalue weighted by molar-refractivity contribution is 5.95. The van der Waals surface area contributed by atoms with Gasteiger partial charge in [0.25, 0.3) is 0 Å². The highest BCUT2D eigenvalue weighted by atomic mass is 16.5. The van der Waals surface area contributed by atoms with E-state index in [0.29, 0.717) is 31.0 Å². The van der Waals surface area contributed by atoms with Crippen LogP contribution in [-0.4, -0.2) is 44.9 Å². The van der Waals surface area contributed by atoms with E-state index in [1.54, 1.807) is 6.92 Å². The summed E-state index contributed by atoms with van der Waals surface area (Å²) in [5.41, 5.74) is 1.80. The molecule has 0 fully saturated rings. The summed E-state index contributed by atoms with van der Waals surface area (Å²) in [7, 11) is 0. The molecule has 0 radical (unpaired) electrons. The maximum Gasteiger partial charge on any atom is 0.338 e. The molecule has 1 aromatic rings. The van der Waals surface area contributed by atoms with E-state index in [-0.39, 0.29) is 12.6 Å². The normalized spacial score (nSPS) is 16.8. The number of amides is 2. The first-order valence-corrected chi connectivity index (χ1v) is 8.98. The number of ether oxygens (including phenoxy) is 2. The van der Waals surface area contributed by atoms with Gasteiger partial charge in [-0.25, -0.2) is 9.59 Å². The molecular formula is C19H27N3O4. The Kier molecular flexibility index (Phi) is 8.11. The van der Waals surface area contributed by atoms with Crippen LogP contribution in [0.4, 0.5) is 4.79 Å². The SMILES string of the molecule is CCOCCCNCC1=C(C(=O)OCC)C(c2ccccc2)NC(=O)N1. The molecule has 0 aliphatic carbocycles. The van der Waals surface area contributed by atoms with Crippen molar-refractivity contribution in [2.24, 2.45) is 0 Å². The van der Waals surface area contributed by atoms with Crippen molar-refractivity contribution in [3.63, 3.8) is 0 Å². The molecule has 1 aromatic carbocycles. The molecule has 0 bridgehead atoms. The molecule has 1 aliphatic heterocycles. The molecule has 0 saturated heterocycles. The zero-order valence-corrected chi connectivity index (χ0v) is 15.3. The lowest BCUT2D eigenvalue weighted by molar-refractivity contribution is -0.139. The van der Waals surface area contributed by atoms with Crippen LogP contribution in [0, 0.1) is 0 Å². The Morgan fingerprint density at radius 2 is 1.96 bits per heavy atom. The van der Waals surface area contributed by atoms with Gasteiger partial charge in [0.05, 0.1) is 18.2 Å². The van der Waals surface area contributed by atoms with E-state index < -0.39 is 12.0 Å². The summed E-state index contributed by atoms with van der Waals surface area (Å²) in [6, 6.07) is 8.52. The molecule has 1 atom stereocenters. The Balaban J connectivity index is 2.18. The van der Waals surface area contributed by atoms with Gasteiger partial charge in [0.15, 0.2) is 0 Å². The third-order valence-corrected chi connectivity index (χ3v) is 3.93. The number of rotatable bonds is 10. The molecule has 2 rings (SSSR count). The molecule has 142 valence electrons. The first-order valence-electron chi connectivity index (χ1n) is 8.98. The zero-order valence-electron chi connectivity index (χ0n) is 15.3. The van der Waals surface area contributed by atoms with E-state index >= 15 is 0 Å². The predicted octanol–water partition coefficient (Wildman–Crippen LogP) is 1.87. The number of nitrogens with one attached hydrogen (secondary N) is 3. The molecule has 0 aromatic heterocycles. The summed E-state index contributed by atoms with van der Waals surface area (Å²) < 4.78 is 10.5. The summed E-state index contributed by atoms with van der Waals surface area (Å²) >= 11 is 0. The Hall–Kier alpha value is -2.38. The lowest BCUT2D eigenvalue weighted by Crippen LogP contribution is -2.48. The highest BCUT2D eigenvalue weighted by Crippen LogP contribution is 2.27. The van der Waals surface area contributed by atoms with Gasteiger partial charge < -0.3 is 25.4 Å². The second kappa shape index (κ2) is 10.6. The van der Waals surface area contributed by atoms with Gasteiger partial charge >= 0.3 is 12.0 Å². The van der Waals surface area contributed by atoms with Crippen LogP contribution in [0.3, 0.4) is 0 Å². The first kappa shape index (κ1) is 19.9. The lowest BCUT2D eigenvalue weighted by Gasteiger charge is -2.29. The van der Waals surface area contributed by atoms with E-state index in [0.717, 1.165) is 18.5 Å². The second-order valence-corrected chi connectivity index (χ2v) is 5.78. The fourth-order valence-electron chi connectivity index (χ4n) is 2.76. The van der Waals surface area contributed by atoms with Crippen molar-refractivity contribution in [3.8, 4) is 0 Å². The maximum absolute atomic E-state index is 12.6. The van der Waals surface area contributed by atoms with Crippen molar-refractivity contribution in [3.05, 3.63) is 47.2 Å². The monoisotopic (exact) mass is 361 g/mol. The molecule has 1 aliphatic rings. The Morgan fingerprint density at radius 3 is 2.65 bits per heavy atom. The van der Waals surface area contributed by atoms with Crippen molar-refractivity contribution >= 4 is 12.0 Å². The highest BCUT2D eigenvalue weighted by Gasteiger charge is 2.33. The zero-order chi connectivity index (χ0) is 18.8. The van der Waals surface area contributed by atoms with Crippen LogP contribution in [-0.2, 0) is 14.3 Å². The molecule has 1 heterocycles. The summed E-state index contributed by atoms with van der Waals surface area (Å²) in [5, 5.41) is 8.80. The third kappa shape index (κ3) is 5.57.